The van der Waals surface area contributed by atoms with Gasteiger partial charge in [0.1, 0.15) is 6.17 Å². The summed E-state index contributed by atoms with van der Waals surface area (Å²) in [4.78, 5) is 2.26. The Balaban J connectivity index is 1.81. The number of rotatable bonds is 3. The van der Waals surface area contributed by atoms with Gasteiger partial charge in [-0.1, -0.05) is 13.8 Å². The fourth-order valence-electron chi connectivity index (χ4n) is 2.69. The molecule has 2 heterocycles. The molecular weight excluding hydrogens is 207 g/mol. The number of hydrogen-bond acceptors (Lipinski definition) is 3. The fourth-order valence-corrected chi connectivity index (χ4v) is 2.69. The Labute approximate surface area is 97.3 Å². The second kappa shape index (κ2) is 5.43. The molecule has 2 rings (SSSR count). The van der Waals surface area contributed by atoms with E-state index in [-0.39, 0.29) is 6.04 Å². The van der Waals surface area contributed by atoms with Crippen LogP contribution in [-0.2, 0) is 4.74 Å². The molecule has 2 aliphatic rings. The normalized spacial score (nSPS) is 37.1. The van der Waals surface area contributed by atoms with E-state index in [1.54, 1.807) is 0 Å². The van der Waals surface area contributed by atoms with Crippen LogP contribution in [0.15, 0.2) is 0 Å². The average Bonchev–Trinajstić information content (AvgIpc) is 2.73. The van der Waals surface area contributed by atoms with Gasteiger partial charge in [-0.25, -0.2) is 4.39 Å². The maximum absolute atomic E-state index is 14.0. The second-order valence-corrected chi connectivity index (χ2v) is 5.24. The highest BCUT2D eigenvalue weighted by Gasteiger charge is 2.33. The Morgan fingerprint density at radius 3 is 2.75 bits per heavy atom. The number of alkyl halides is 1. The molecule has 2 saturated heterocycles. The molecule has 3 atom stereocenters. The van der Waals surface area contributed by atoms with Crippen molar-refractivity contribution in [1.29, 1.82) is 0 Å². The molecule has 16 heavy (non-hydrogen) atoms. The van der Waals surface area contributed by atoms with Gasteiger partial charge in [-0.2, -0.15) is 0 Å². The predicted molar refractivity (Wildman–Crippen MR) is 62.4 cm³/mol. The molecule has 0 aromatic heterocycles. The van der Waals surface area contributed by atoms with E-state index in [0.29, 0.717) is 18.6 Å². The van der Waals surface area contributed by atoms with E-state index in [1.165, 1.54) is 0 Å². The number of nitrogens with zero attached hydrogens (tertiary/aromatic N) is 1. The molecule has 0 spiro atoms. The number of likely N-dealkylation sites (tertiary alicyclic amines) is 1. The van der Waals surface area contributed by atoms with Gasteiger partial charge in [0.15, 0.2) is 0 Å². The topological polar surface area (TPSA) is 24.5 Å². The zero-order valence-corrected chi connectivity index (χ0v) is 10.3. The summed E-state index contributed by atoms with van der Waals surface area (Å²) in [5.41, 5.74) is 0. The number of nitrogens with one attached hydrogen (secondary N) is 1. The molecule has 1 N–H and O–H groups in total. The molecule has 0 amide bonds. The molecule has 2 fully saturated rings. The third-order valence-electron chi connectivity index (χ3n) is 3.54. The third-order valence-corrected chi connectivity index (χ3v) is 3.54. The summed E-state index contributed by atoms with van der Waals surface area (Å²) in [5.74, 6) is 0. The first kappa shape index (κ1) is 12.3. The van der Waals surface area contributed by atoms with Crippen LogP contribution in [0.4, 0.5) is 4.39 Å². The molecule has 2 aliphatic heterocycles. The van der Waals surface area contributed by atoms with Crippen molar-refractivity contribution in [2.45, 2.75) is 51.0 Å². The summed E-state index contributed by atoms with van der Waals surface area (Å²) in [6, 6.07) is 0.862. The highest BCUT2D eigenvalue weighted by Crippen LogP contribution is 2.20. The lowest BCUT2D eigenvalue weighted by molar-refractivity contribution is 0.0621. The molecule has 0 aliphatic carbocycles. The molecule has 0 aromatic carbocycles. The van der Waals surface area contributed by atoms with Crippen molar-refractivity contribution >= 4 is 0 Å². The van der Waals surface area contributed by atoms with Crippen LogP contribution in [0, 0.1) is 0 Å². The van der Waals surface area contributed by atoms with Gasteiger partial charge >= 0.3 is 0 Å². The summed E-state index contributed by atoms with van der Waals surface area (Å²) < 4.78 is 19.3. The van der Waals surface area contributed by atoms with E-state index in [2.05, 4.69) is 24.1 Å². The Morgan fingerprint density at radius 2 is 2.19 bits per heavy atom. The van der Waals surface area contributed by atoms with Gasteiger partial charge in [0.25, 0.3) is 0 Å². The van der Waals surface area contributed by atoms with E-state index in [4.69, 9.17) is 4.74 Å². The van der Waals surface area contributed by atoms with Gasteiger partial charge in [0, 0.05) is 37.8 Å². The van der Waals surface area contributed by atoms with Gasteiger partial charge in [0.05, 0.1) is 6.61 Å². The van der Waals surface area contributed by atoms with Crippen molar-refractivity contribution in [2.24, 2.45) is 0 Å². The van der Waals surface area contributed by atoms with Crippen LogP contribution in [0.1, 0.15) is 26.7 Å². The minimum atomic E-state index is -0.739. The largest absolute Gasteiger partial charge is 0.380 e. The van der Waals surface area contributed by atoms with Crippen molar-refractivity contribution in [1.82, 2.24) is 10.2 Å². The molecule has 0 aromatic rings. The lowest BCUT2D eigenvalue weighted by atomic mass is 10.00. The Hall–Kier alpha value is -0.190. The summed E-state index contributed by atoms with van der Waals surface area (Å²) >= 11 is 0. The van der Waals surface area contributed by atoms with Crippen LogP contribution in [0.5, 0.6) is 0 Å². The van der Waals surface area contributed by atoms with Gasteiger partial charge < -0.3 is 10.1 Å². The second-order valence-electron chi connectivity index (χ2n) is 5.24. The van der Waals surface area contributed by atoms with E-state index in [0.717, 1.165) is 32.6 Å². The Morgan fingerprint density at radius 1 is 1.38 bits per heavy atom. The minimum Gasteiger partial charge on any atom is -0.380 e. The van der Waals surface area contributed by atoms with Crippen LogP contribution >= 0.6 is 0 Å². The van der Waals surface area contributed by atoms with Crippen molar-refractivity contribution in [2.75, 3.05) is 26.3 Å². The number of halogens is 1. The van der Waals surface area contributed by atoms with Crippen LogP contribution < -0.4 is 5.32 Å². The maximum Gasteiger partial charge on any atom is 0.128 e. The van der Waals surface area contributed by atoms with Gasteiger partial charge in [-0.3, -0.25) is 4.90 Å². The Bertz CT molecular complexity index is 219. The molecule has 3 nitrogen and oxygen atoms in total. The molecule has 0 bridgehead atoms. The highest BCUT2D eigenvalue weighted by atomic mass is 19.1. The van der Waals surface area contributed by atoms with Crippen molar-refractivity contribution < 1.29 is 9.13 Å². The van der Waals surface area contributed by atoms with Crippen LogP contribution in [-0.4, -0.2) is 55.5 Å². The smallest absolute Gasteiger partial charge is 0.128 e. The molecule has 1 unspecified atom stereocenters. The summed E-state index contributed by atoms with van der Waals surface area (Å²) in [6.07, 6.45) is 1.24. The van der Waals surface area contributed by atoms with Gasteiger partial charge in [-0.15, -0.1) is 0 Å². The van der Waals surface area contributed by atoms with E-state index in [1.807, 2.05) is 0 Å². The lowest BCUT2D eigenvalue weighted by Crippen LogP contribution is -2.54. The highest BCUT2D eigenvalue weighted by molar-refractivity contribution is 4.89. The van der Waals surface area contributed by atoms with Gasteiger partial charge in [0.2, 0.25) is 0 Å². The quantitative estimate of drug-likeness (QED) is 0.788. The number of ether oxygens (including phenoxy) is 1. The summed E-state index contributed by atoms with van der Waals surface area (Å²) in [7, 11) is 0. The third kappa shape index (κ3) is 2.93. The summed E-state index contributed by atoms with van der Waals surface area (Å²) in [5, 5.41) is 3.31. The van der Waals surface area contributed by atoms with Crippen LogP contribution in [0.3, 0.4) is 0 Å². The zero-order valence-electron chi connectivity index (χ0n) is 10.3. The summed E-state index contributed by atoms with van der Waals surface area (Å²) in [6.45, 7) is 7.34. The SMILES string of the molecule is CC(C)N[C@@H]1CCN(C2CCOC2)C[C@@H]1F. The fraction of sp³-hybridized carbons (Fsp3) is 1.00. The number of hydrogen-bond donors (Lipinski definition) is 1. The minimum absolute atomic E-state index is 0.0403. The molecule has 4 heteroatoms. The maximum atomic E-state index is 14.0. The molecular formula is C12H23FN2O. The lowest BCUT2D eigenvalue weighted by Gasteiger charge is -2.38. The first-order valence-corrected chi connectivity index (χ1v) is 6.38. The van der Waals surface area contributed by atoms with Crippen molar-refractivity contribution in [3.8, 4) is 0 Å². The first-order valence-electron chi connectivity index (χ1n) is 6.38. The molecule has 0 radical (unpaired) electrons. The van der Waals surface area contributed by atoms with E-state index in [9.17, 15) is 4.39 Å². The van der Waals surface area contributed by atoms with Crippen molar-refractivity contribution in [3.05, 3.63) is 0 Å². The van der Waals surface area contributed by atoms with E-state index >= 15 is 0 Å². The van der Waals surface area contributed by atoms with Crippen molar-refractivity contribution in [3.63, 3.8) is 0 Å². The van der Waals surface area contributed by atoms with Crippen LogP contribution in [0.2, 0.25) is 0 Å². The molecule has 94 valence electrons. The predicted octanol–water partition coefficient (Wildman–Crippen LogP) is 1.19. The molecule has 0 saturated carbocycles. The average molecular weight is 230 g/mol. The van der Waals surface area contributed by atoms with E-state index < -0.39 is 6.17 Å². The monoisotopic (exact) mass is 230 g/mol. The standard InChI is InChI=1S/C12H23FN2O/c1-9(2)14-12-3-5-15(7-11(12)13)10-4-6-16-8-10/h9-12,14H,3-8H2,1-2H3/t10?,11-,12+/m0/s1. The zero-order chi connectivity index (χ0) is 11.5. The number of piperidine rings is 1. The Kier molecular flexibility index (Phi) is 4.16. The first-order chi connectivity index (χ1) is 7.66. The van der Waals surface area contributed by atoms with Gasteiger partial charge in [-0.05, 0) is 12.8 Å². The van der Waals surface area contributed by atoms with Crippen LogP contribution in [0.25, 0.3) is 0 Å².